The number of methoxy groups -OCH3 is 1. The van der Waals surface area contributed by atoms with Crippen molar-refractivity contribution >= 4 is 34.6 Å². The van der Waals surface area contributed by atoms with Crippen molar-refractivity contribution in [2.24, 2.45) is 5.92 Å². The van der Waals surface area contributed by atoms with E-state index in [0.717, 1.165) is 42.1 Å². The average molecular weight is 426 g/mol. The summed E-state index contributed by atoms with van der Waals surface area (Å²) in [6, 6.07) is 14.2. The molecule has 2 aromatic rings. The quantitative estimate of drug-likeness (QED) is 0.597. The standard InChI is InChI=1S/C24H31N3O2S/c1-16(2)14-21(18-7-10-20(29-4)11-8-18)26-24(30)25-19-9-12-22(17(3)15-19)27-13-5-6-23(27)28/h7-12,15-16,21H,5-6,13-14H2,1-4H3,(H2,25,26,30). The summed E-state index contributed by atoms with van der Waals surface area (Å²) in [5, 5.41) is 7.35. The Morgan fingerprint density at radius 2 is 1.93 bits per heavy atom. The predicted octanol–water partition coefficient (Wildman–Crippen LogP) is 5.20. The highest BCUT2D eigenvalue weighted by Crippen LogP contribution is 2.28. The minimum absolute atomic E-state index is 0.110. The molecule has 0 aromatic heterocycles. The third-order valence-electron chi connectivity index (χ3n) is 5.35. The third-order valence-corrected chi connectivity index (χ3v) is 5.57. The van der Waals surface area contributed by atoms with Crippen LogP contribution in [0.15, 0.2) is 42.5 Å². The molecule has 1 saturated heterocycles. The number of ether oxygens (including phenoxy) is 1. The number of nitrogens with zero attached hydrogens (tertiary/aromatic N) is 1. The monoisotopic (exact) mass is 425 g/mol. The lowest BCUT2D eigenvalue weighted by Gasteiger charge is -2.24. The summed E-state index contributed by atoms with van der Waals surface area (Å²) in [6.07, 6.45) is 2.52. The van der Waals surface area contributed by atoms with Crippen LogP contribution in [-0.2, 0) is 4.79 Å². The van der Waals surface area contributed by atoms with Crippen molar-refractivity contribution in [3.8, 4) is 5.75 Å². The summed E-state index contributed by atoms with van der Waals surface area (Å²) >= 11 is 5.60. The van der Waals surface area contributed by atoms with E-state index in [1.807, 2.05) is 42.2 Å². The molecular weight excluding hydrogens is 394 g/mol. The first-order valence-electron chi connectivity index (χ1n) is 10.5. The molecule has 0 saturated carbocycles. The molecule has 30 heavy (non-hydrogen) atoms. The summed E-state index contributed by atoms with van der Waals surface area (Å²) in [4.78, 5) is 13.9. The first kappa shape index (κ1) is 22.1. The van der Waals surface area contributed by atoms with Gasteiger partial charge in [-0.2, -0.15) is 0 Å². The Hall–Kier alpha value is -2.60. The van der Waals surface area contributed by atoms with Gasteiger partial charge >= 0.3 is 0 Å². The summed E-state index contributed by atoms with van der Waals surface area (Å²) in [7, 11) is 1.67. The highest BCUT2D eigenvalue weighted by molar-refractivity contribution is 7.80. The number of hydrogen-bond donors (Lipinski definition) is 2. The number of carbonyl (C=O) groups excluding carboxylic acids is 1. The summed E-state index contributed by atoms with van der Waals surface area (Å²) < 4.78 is 5.27. The van der Waals surface area contributed by atoms with Gasteiger partial charge in [-0.05, 0) is 79.4 Å². The van der Waals surface area contributed by atoms with E-state index in [0.29, 0.717) is 17.5 Å². The van der Waals surface area contributed by atoms with Crippen molar-refractivity contribution in [1.82, 2.24) is 5.32 Å². The van der Waals surface area contributed by atoms with Gasteiger partial charge in [0.1, 0.15) is 5.75 Å². The van der Waals surface area contributed by atoms with Gasteiger partial charge in [-0.15, -0.1) is 0 Å². The van der Waals surface area contributed by atoms with E-state index < -0.39 is 0 Å². The summed E-state index contributed by atoms with van der Waals surface area (Å²) in [5.74, 6) is 1.56. The van der Waals surface area contributed by atoms with Crippen molar-refractivity contribution in [3.05, 3.63) is 53.6 Å². The van der Waals surface area contributed by atoms with Crippen LogP contribution in [0, 0.1) is 12.8 Å². The molecule has 2 N–H and O–H groups in total. The van der Waals surface area contributed by atoms with Gasteiger partial charge in [-0.3, -0.25) is 4.79 Å². The zero-order valence-electron chi connectivity index (χ0n) is 18.2. The molecule has 1 unspecified atom stereocenters. The molecule has 1 aliphatic rings. The minimum atomic E-state index is 0.110. The van der Waals surface area contributed by atoms with Crippen molar-refractivity contribution in [2.45, 2.75) is 46.1 Å². The first-order chi connectivity index (χ1) is 14.4. The second-order valence-electron chi connectivity index (χ2n) is 8.20. The second-order valence-corrected chi connectivity index (χ2v) is 8.61. The van der Waals surface area contributed by atoms with Gasteiger partial charge in [0, 0.05) is 24.3 Å². The van der Waals surface area contributed by atoms with Gasteiger partial charge in [0.25, 0.3) is 0 Å². The number of carbonyl (C=O) groups is 1. The van der Waals surface area contributed by atoms with E-state index in [9.17, 15) is 4.79 Å². The van der Waals surface area contributed by atoms with Crippen molar-refractivity contribution in [3.63, 3.8) is 0 Å². The number of rotatable bonds is 7. The normalized spacial score (nSPS) is 14.7. The maximum absolute atomic E-state index is 12.0. The SMILES string of the molecule is COc1ccc(C(CC(C)C)NC(=S)Nc2ccc(N3CCCC3=O)c(C)c2)cc1. The van der Waals surface area contributed by atoms with Crippen LogP contribution in [0.5, 0.6) is 5.75 Å². The van der Waals surface area contributed by atoms with Crippen molar-refractivity contribution in [1.29, 1.82) is 0 Å². The molecule has 1 heterocycles. The van der Waals surface area contributed by atoms with E-state index in [4.69, 9.17) is 17.0 Å². The zero-order valence-corrected chi connectivity index (χ0v) is 19.0. The smallest absolute Gasteiger partial charge is 0.227 e. The Morgan fingerprint density at radius 1 is 1.20 bits per heavy atom. The molecule has 0 aliphatic carbocycles. The Bertz CT molecular complexity index is 896. The minimum Gasteiger partial charge on any atom is -0.497 e. The number of thiocarbonyl (C=S) groups is 1. The number of amides is 1. The lowest BCUT2D eigenvalue weighted by Crippen LogP contribution is -2.33. The highest BCUT2D eigenvalue weighted by atomic mass is 32.1. The van der Waals surface area contributed by atoms with Crippen LogP contribution >= 0.6 is 12.2 Å². The number of nitrogens with one attached hydrogen (secondary N) is 2. The summed E-state index contributed by atoms with van der Waals surface area (Å²) in [5.41, 5.74) is 4.14. The zero-order chi connectivity index (χ0) is 21.7. The van der Waals surface area contributed by atoms with E-state index in [2.05, 4.69) is 36.6 Å². The topological polar surface area (TPSA) is 53.6 Å². The van der Waals surface area contributed by atoms with E-state index in [1.54, 1.807) is 7.11 Å². The van der Waals surface area contributed by atoms with E-state index in [1.165, 1.54) is 5.56 Å². The fourth-order valence-corrected chi connectivity index (χ4v) is 4.11. The Kier molecular flexibility index (Phi) is 7.32. The fraction of sp³-hybridized carbons (Fsp3) is 0.417. The molecule has 0 bridgehead atoms. The van der Waals surface area contributed by atoms with Crippen LogP contribution in [-0.4, -0.2) is 24.7 Å². The maximum atomic E-state index is 12.0. The molecule has 1 atom stereocenters. The molecular formula is C24H31N3O2S. The van der Waals surface area contributed by atoms with Crippen LogP contribution < -0.4 is 20.3 Å². The Labute approximate surface area is 184 Å². The van der Waals surface area contributed by atoms with Gasteiger partial charge in [-0.1, -0.05) is 26.0 Å². The molecule has 1 fully saturated rings. The molecule has 3 rings (SSSR count). The predicted molar refractivity (Wildman–Crippen MR) is 127 cm³/mol. The number of anilines is 2. The van der Waals surface area contributed by atoms with Crippen LogP contribution in [0.1, 0.15) is 50.3 Å². The number of hydrogen-bond acceptors (Lipinski definition) is 3. The molecule has 5 nitrogen and oxygen atoms in total. The average Bonchev–Trinajstić information content (AvgIpc) is 3.13. The van der Waals surface area contributed by atoms with Crippen LogP contribution in [0.4, 0.5) is 11.4 Å². The van der Waals surface area contributed by atoms with Crippen molar-refractivity contribution < 1.29 is 9.53 Å². The van der Waals surface area contributed by atoms with Crippen molar-refractivity contribution in [2.75, 3.05) is 23.9 Å². The van der Waals surface area contributed by atoms with Crippen LogP contribution in [0.2, 0.25) is 0 Å². The molecule has 0 radical (unpaired) electrons. The van der Waals surface area contributed by atoms with Crippen LogP contribution in [0.25, 0.3) is 0 Å². The molecule has 160 valence electrons. The van der Waals surface area contributed by atoms with Gasteiger partial charge in [0.05, 0.1) is 13.2 Å². The molecule has 1 aliphatic heterocycles. The number of aryl methyl sites for hydroxylation is 1. The maximum Gasteiger partial charge on any atom is 0.227 e. The molecule has 6 heteroatoms. The first-order valence-corrected chi connectivity index (χ1v) is 10.9. The Morgan fingerprint density at radius 3 is 2.50 bits per heavy atom. The van der Waals surface area contributed by atoms with Gasteiger partial charge in [0.15, 0.2) is 5.11 Å². The second kappa shape index (κ2) is 9.94. The molecule has 0 spiro atoms. The van der Waals surface area contributed by atoms with Gasteiger partial charge < -0.3 is 20.3 Å². The van der Waals surface area contributed by atoms with E-state index in [-0.39, 0.29) is 11.9 Å². The lowest BCUT2D eigenvalue weighted by molar-refractivity contribution is -0.117. The summed E-state index contributed by atoms with van der Waals surface area (Å²) in [6.45, 7) is 7.24. The highest BCUT2D eigenvalue weighted by Gasteiger charge is 2.23. The van der Waals surface area contributed by atoms with Gasteiger partial charge in [-0.25, -0.2) is 0 Å². The van der Waals surface area contributed by atoms with E-state index >= 15 is 0 Å². The lowest BCUT2D eigenvalue weighted by atomic mass is 9.97. The molecule has 1 amide bonds. The third kappa shape index (κ3) is 5.51. The fourth-order valence-electron chi connectivity index (χ4n) is 3.85. The molecule has 2 aromatic carbocycles. The Balaban J connectivity index is 1.68. The number of benzene rings is 2. The largest absolute Gasteiger partial charge is 0.497 e. The van der Waals surface area contributed by atoms with Crippen LogP contribution in [0.3, 0.4) is 0 Å². The van der Waals surface area contributed by atoms with Gasteiger partial charge in [0.2, 0.25) is 5.91 Å².